The molecule has 0 fully saturated rings. The van der Waals surface area contributed by atoms with E-state index in [1.165, 1.54) is 18.0 Å². The Labute approximate surface area is 201 Å². The van der Waals surface area contributed by atoms with Crippen molar-refractivity contribution in [2.24, 2.45) is 7.05 Å². The number of benzene rings is 2. The molecule has 3 N–H and O–H groups in total. The van der Waals surface area contributed by atoms with Gasteiger partial charge in [0.1, 0.15) is 18.0 Å². The second-order valence-electron chi connectivity index (χ2n) is 8.15. The summed E-state index contributed by atoms with van der Waals surface area (Å²) in [6, 6.07) is 16.1. The van der Waals surface area contributed by atoms with Crippen LogP contribution < -0.4 is 10.6 Å². The minimum absolute atomic E-state index is 0.0130. The fourth-order valence-corrected chi connectivity index (χ4v) is 4.22. The van der Waals surface area contributed by atoms with Crippen molar-refractivity contribution in [1.82, 2.24) is 15.1 Å². The van der Waals surface area contributed by atoms with Crippen molar-refractivity contribution in [2.45, 2.75) is 18.4 Å². The van der Waals surface area contributed by atoms with Crippen molar-refractivity contribution in [3.05, 3.63) is 71.4 Å². The second kappa shape index (κ2) is 10.4. The molecule has 1 unspecified atom stereocenters. The number of hydrogen-bond donors (Lipinski definition) is 3. The standard InChI is InChI=1S/C25H26N4O6/c1-29-23(20(13-27-29)24(32)26-12-15(34-2)11-22(30)31)28-25(33)35-14-21-18-9-5-3-7-16(18)17-8-4-6-10-19(17)21/h3-10,13,15,21H,11-12,14H2,1-2H3,(H,26,32)(H,28,33)(H,30,31). The molecule has 4 rings (SSSR count). The van der Waals surface area contributed by atoms with E-state index in [-0.39, 0.29) is 36.9 Å². The summed E-state index contributed by atoms with van der Waals surface area (Å²) < 4.78 is 12.0. The number of aromatic nitrogens is 2. The number of hydrogen-bond acceptors (Lipinski definition) is 6. The van der Waals surface area contributed by atoms with E-state index in [2.05, 4.69) is 27.9 Å². The maximum absolute atomic E-state index is 12.7. The third kappa shape index (κ3) is 5.17. The number of anilines is 1. The molecule has 35 heavy (non-hydrogen) atoms. The lowest BCUT2D eigenvalue weighted by molar-refractivity contribution is -0.139. The number of rotatable bonds is 9. The Bertz CT molecular complexity index is 1210. The maximum atomic E-state index is 12.7. The smallest absolute Gasteiger partial charge is 0.412 e. The van der Waals surface area contributed by atoms with Crippen LogP contribution >= 0.6 is 0 Å². The average molecular weight is 479 g/mol. The number of carbonyl (C=O) groups excluding carboxylic acids is 2. The van der Waals surface area contributed by atoms with Crippen LogP contribution in [-0.2, 0) is 21.3 Å². The Morgan fingerprint density at radius 1 is 1.09 bits per heavy atom. The topological polar surface area (TPSA) is 132 Å². The quantitative estimate of drug-likeness (QED) is 0.431. The first-order valence-corrected chi connectivity index (χ1v) is 11.1. The lowest BCUT2D eigenvalue weighted by Gasteiger charge is -2.16. The number of aliphatic carboxylic acids is 1. The monoisotopic (exact) mass is 478 g/mol. The summed E-state index contributed by atoms with van der Waals surface area (Å²) in [4.78, 5) is 36.2. The molecule has 0 spiro atoms. The van der Waals surface area contributed by atoms with E-state index in [0.717, 1.165) is 22.3 Å². The minimum atomic E-state index is -1.04. The molecule has 1 atom stereocenters. The van der Waals surface area contributed by atoms with E-state index in [1.807, 2.05) is 36.4 Å². The van der Waals surface area contributed by atoms with Crippen molar-refractivity contribution in [1.29, 1.82) is 0 Å². The number of methoxy groups -OCH3 is 1. The van der Waals surface area contributed by atoms with Crippen molar-refractivity contribution in [3.8, 4) is 11.1 Å². The van der Waals surface area contributed by atoms with Gasteiger partial charge in [0.25, 0.3) is 5.91 Å². The van der Waals surface area contributed by atoms with E-state index in [1.54, 1.807) is 7.05 Å². The van der Waals surface area contributed by atoms with Crippen LogP contribution in [-0.4, -0.2) is 59.2 Å². The van der Waals surface area contributed by atoms with Gasteiger partial charge in [-0.3, -0.25) is 19.6 Å². The number of amides is 2. The summed E-state index contributed by atoms with van der Waals surface area (Å²) in [6.07, 6.45) is -0.348. The molecule has 0 saturated heterocycles. The zero-order valence-electron chi connectivity index (χ0n) is 19.4. The number of nitrogens with zero attached hydrogens (tertiary/aromatic N) is 2. The Kier molecular flexibility index (Phi) is 7.11. The Morgan fingerprint density at radius 3 is 2.31 bits per heavy atom. The van der Waals surface area contributed by atoms with Gasteiger partial charge in [-0.25, -0.2) is 4.79 Å². The molecule has 0 bridgehead atoms. The molecule has 1 heterocycles. The van der Waals surface area contributed by atoms with Gasteiger partial charge in [0.2, 0.25) is 0 Å². The van der Waals surface area contributed by atoms with Crippen molar-refractivity contribution in [2.75, 3.05) is 25.6 Å². The number of carbonyl (C=O) groups is 3. The number of carboxylic acids is 1. The van der Waals surface area contributed by atoms with Gasteiger partial charge < -0.3 is 19.9 Å². The summed E-state index contributed by atoms with van der Waals surface area (Å²) in [5.74, 6) is -1.50. The van der Waals surface area contributed by atoms with Crippen LogP contribution in [0.25, 0.3) is 11.1 Å². The highest BCUT2D eigenvalue weighted by Crippen LogP contribution is 2.44. The van der Waals surface area contributed by atoms with Crippen LogP contribution in [0.15, 0.2) is 54.7 Å². The van der Waals surface area contributed by atoms with E-state index in [0.29, 0.717) is 0 Å². The third-order valence-electron chi connectivity index (χ3n) is 5.97. The van der Waals surface area contributed by atoms with Gasteiger partial charge >= 0.3 is 12.1 Å². The molecular formula is C25H26N4O6. The lowest BCUT2D eigenvalue weighted by Crippen LogP contribution is -2.34. The molecular weight excluding hydrogens is 452 g/mol. The molecule has 1 aliphatic carbocycles. The second-order valence-corrected chi connectivity index (χ2v) is 8.15. The van der Waals surface area contributed by atoms with E-state index in [9.17, 15) is 14.4 Å². The van der Waals surface area contributed by atoms with Gasteiger partial charge in [-0.15, -0.1) is 0 Å². The fourth-order valence-electron chi connectivity index (χ4n) is 4.22. The molecule has 182 valence electrons. The molecule has 1 aliphatic rings. The number of ether oxygens (including phenoxy) is 2. The predicted octanol–water partition coefficient (Wildman–Crippen LogP) is 3.00. The highest BCUT2D eigenvalue weighted by atomic mass is 16.5. The SMILES string of the molecule is COC(CNC(=O)c1cnn(C)c1NC(=O)OCC1c2ccccc2-c2ccccc21)CC(=O)O. The first kappa shape index (κ1) is 24.0. The summed E-state index contributed by atoms with van der Waals surface area (Å²) in [6.45, 7) is 0.116. The van der Waals surface area contributed by atoms with Crippen LogP contribution in [0.1, 0.15) is 33.8 Å². The number of nitrogens with one attached hydrogen (secondary N) is 2. The first-order chi connectivity index (χ1) is 16.9. The summed E-state index contributed by atoms with van der Waals surface area (Å²) in [5.41, 5.74) is 4.55. The molecule has 0 saturated carbocycles. The fraction of sp³-hybridized carbons (Fsp3) is 0.280. The van der Waals surface area contributed by atoms with Crippen LogP contribution in [0, 0.1) is 0 Å². The largest absolute Gasteiger partial charge is 0.481 e. The van der Waals surface area contributed by atoms with Crippen molar-refractivity contribution < 1.29 is 29.0 Å². The highest BCUT2D eigenvalue weighted by Gasteiger charge is 2.29. The Morgan fingerprint density at radius 2 is 1.71 bits per heavy atom. The van der Waals surface area contributed by atoms with E-state index >= 15 is 0 Å². The first-order valence-electron chi connectivity index (χ1n) is 11.1. The van der Waals surface area contributed by atoms with Gasteiger partial charge in [-0.1, -0.05) is 48.5 Å². The van der Waals surface area contributed by atoms with Crippen LogP contribution in [0.4, 0.5) is 10.6 Å². The third-order valence-corrected chi connectivity index (χ3v) is 5.97. The lowest BCUT2D eigenvalue weighted by atomic mass is 9.98. The molecule has 1 aromatic heterocycles. The van der Waals surface area contributed by atoms with Crippen LogP contribution in [0.5, 0.6) is 0 Å². The number of aryl methyl sites for hydroxylation is 1. The molecule has 2 amide bonds. The van der Waals surface area contributed by atoms with Crippen molar-refractivity contribution >= 4 is 23.8 Å². The van der Waals surface area contributed by atoms with Crippen molar-refractivity contribution in [3.63, 3.8) is 0 Å². The number of fused-ring (bicyclic) bond motifs is 3. The van der Waals surface area contributed by atoms with Crippen LogP contribution in [0.2, 0.25) is 0 Å². The zero-order valence-corrected chi connectivity index (χ0v) is 19.4. The van der Waals surface area contributed by atoms with Gasteiger partial charge in [0.05, 0.1) is 18.7 Å². The Hall–Kier alpha value is -4.18. The Balaban J connectivity index is 1.40. The normalized spacial score (nSPS) is 13.0. The molecule has 10 heteroatoms. The maximum Gasteiger partial charge on any atom is 0.412 e. The molecule has 0 radical (unpaired) electrons. The molecule has 0 aliphatic heterocycles. The number of carboxylic acid groups (broad SMARTS) is 1. The van der Waals surface area contributed by atoms with Crippen LogP contribution in [0.3, 0.4) is 0 Å². The molecule has 3 aromatic rings. The minimum Gasteiger partial charge on any atom is -0.481 e. The summed E-state index contributed by atoms with van der Waals surface area (Å²) in [7, 11) is 2.95. The van der Waals surface area contributed by atoms with E-state index in [4.69, 9.17) is 14.6 Å². The average Bonchev–Trinajstić information content (AvgIpc) is 3.37. The highest BCUT2D eigenvalue weighted by molar-refractivity contribution is 6.01. The molecule has 2 aromatic carbocycles. The van der Waals surface area contributed by atoms with Gasteiger partial charge in [-0.05, 0) is 22.3 Å². The zero-order chi connectivity index (χ0) is 24.9. The van der Waals surface area contributed by atoms with E-state index < -0.39 is 24.1 Å². The van der Waals surface area contributed by atoms with Gasteiger partial charge in [0, 0.05) is 26.6 Å². The summed E-state index contributed by atoms with van der Waals surface area (Å²) in [5, 5.41) is 18.2. The predicted molar refractivity (Wildman–Crippen MR) is 127 cm³/mol. The van der Waals surface area contributed by atoms with Gasteiger partial charge in [-0.2, -0.15) is 5.10 Å². The van der Waals surface area contributed by atoms with Gasteiger partial charge in [0.15, 0.2) is 0 Å². The summed E-state index contributed by atoms with van der Waals surface area (Å²) >= 11 is 0. The molecule has 10 nitrogen and oxygen atoms in total.